The number of nitrogens with two attached hydrogens (primary N) is 2. The van der Waals surface area contributed by atoms with Crippen LogP contribution >= 0.6 is 0 Å². The van der Waals surface area contributed by atoms with Crippen molar-refractivity contribution in [1.29, 1.82) is 0 Å². The number of primary amides is 1. The molecule has 3 atom stereocenters. The Kier molecular flexibility index (Phi) is 2.49. The molecule has 1 amide bonds. The van der Waals surface area contributed by atoms with Crippen molar-refractivity contribution in [3.8, 4) is 0 Å². The fraction of sp³-hybridized carbons (Fsp3) is 0.900. The topological polar surface area (TPSA) is 72.4 Å². The van der Waals surface area contributed by atoms with E-state index < -0.39 is 0 Å². The minimum absolute atomic E-state index is 0.125. The first-order chi connectivity index (χ1) is 6.59. The van der Waals surface area contributed by atoms with Crippen molar-refractivity contribution in [1.82, 2.24) is 4.90 Å². The quantitative estimate of drug-likeness (QED) is 0.644. The van der Waals surface area contributed by atoms with Crippen LogP contribution < -0.4 is 11.5 Å². The molecule has 2 fully saturated rings. The number of rotatable bonds is 2. The Morgan fingerprint density at radius 3 is 2.29 bits per heavy atom. The monoisotopic (exact) mass is 197 g/mol. The molecule has 3 unspecified atom stereocenters. The smallest absolute Gasteiger partial charge is 0.234 e. The van der Waals surface area contributed by atoms with E-state index in [1.54, 1.807) is 0 Å². The zero-order valence-corrected chi connectivity index (χ0v) is 8.65. The van der Waals surface area contributed by atoms with Crippen molar-refractivity contribution >= 4 is 5.91 Å². The summed E-state index contributed by atoms with van der Waals surface area (Å²) >= 11 is 0. The highest BCUT2D eigenvalue weighted by Crippen LogP contribution is 2.36. The van der Waals surface area contributed by atoms with Gasteiger partial charge in [0.25, 0.3) is 0 Å². The first-order valence-corrected chi connectivity index (χ1v) is 5.42. The van der Waals surface area contributed by atoms with Crippen molar-refractivity contribution in [2.24, 2.45) is 11.5 Å². The molecule has 4 N–H and O–H groups in total. The summed E-state index contributed by atoms with van der Waals surface area (Å²) in [5.41, 5.74) is 11.3. The summed E-state index contributed by atoms with van der Waals surface area (Å²) in [6.45, 7) is 1.91. The van der Waals surface area contributed by atoms with Crippen LogP contribution in [0.1, 0.15) is 32.6 Å². The molecule has 2 aliphatic heterocycles. The number of carbonyl (C=O) groups is 1. The second-order valence-corrected chi connectivity index (χ2v) is 4.64. The lowest BCUT2D eigenvalue weighted by atomic mass is 9.96. The molecule has 2 aliphatic rings. The van der Waals surface area contributed by atoms with Gasteiger partial charge in [0.05, 0.1) is 6.04 Å². The minimum atomic E-state index is -0.211. The maximum Gasteiger partial charge on any atom is 0.234 e. The van der Waals surface area contributed by atoms with Gasteiger partial charge in [-0.3, -0.25) is 9.69 Å². The molecule has 0 aromatic carbocycles. The number of piperidine rings is 1. The van der Waals surface area contributed by atoms with Gasteiger partial charge in [-0.1, -0.05) is 0 Å². The summed E-state index contributed by atoms with van der Waals surface area (Å²) in [6.07, 6.45) is 4.40. The van der Waals surface area contributed by atoms with Crippen LogP contribution in [0.4, 0.5) is 0 Å². The fourth-order valence-electron chi connectivity index (χ4n) is 3.03. The van der Waals surface area contributed by atoms with E-state index in [-0.39, 0.29) is 11.9 Å². The molecule has 2 saturated heterocycles. The summed E-state index contributed by atoms with van der Waals surface area (Å²) in [5, 5.41) is 0. The number of amides is 1. The van der Waals surface area contributed by atoms with Crippen LogP contribution in [0.25, 0.3) is 0 Å². The lowest BCUT2D eigenvalue weighted by molar-refractivity contribution is -0.124. The van der Waals surface area contributed by atoms with E-state index in [1.807, 2.05) is 6.92 Å². The van der Waals surface area contributed by atoms with Crippen molar-refractivity contribution in [2.45, 2.75) is 56.8 Å². The minimum Gasteiger partial charge on any atom is -0.368 e. The summed E-state index contributed by atoms with van der Waals surface area (Å²) in [4.78, 5) is 13.4. The molecule has 4 nitrogen and oxygen atoms in total. The Balaban J connectivity index is 2.11. The van der Waals surface area contributed by atoms with E-state index in [2.05, 4.69) is 4.90 Å². The van der Waals surface area contributed by atoms with Crippen LogP contribution in [0, 0.1) is 0 Å². The molecule has 0 aliphatic carbocycles. The third kappa shape index (κ3) is 1.53. The number of nitrogens with zero attached hydrogens (tertiary/aromatic N) is 1. The second kappa shape index (κ2) is 3.51. The normalized spacial score (nSPS) is 39.7. The SMILES string of the molecule is CC(C(N)=O)N1C2CCC1CC(N)C2. The predicted octanol–water partition coefficient (Wildman–Crippen LogP) is -0.186. The number of hydrogen-bond donors (Lipinski definition) is 2. The zero-order valence-electron chi connectivity index (χ0n) is 8.65. The van der Waals surface area contributed by atoms with Crippen molar-refractivity contribution in [3.05, 3.63) is 0 Å². The molecule has 0 radical (unpaired) electrons. The molecule has 2 heterocycles. The number of fused-ring (bicyclic) bond motifs is 2. The summed E-state index contributed by atoms with van der Waals surface area (Å²) < 4.78 is 0. The summed E-state index contributed by atoms with van der Waals surface area (Å²) in [6, 6.07) is 1.18. The van der Waals surface area contributed by atoms with Gasteiger partial charge in [0, 0.05) is 18.1 Å². The van der Waals surface area contributed by atoms with E-state index in [4.69, 9.17) is 11.5 Å². The summed E-state index contributed by atoms with van der Waals surface area (Å²) in [7, 11) is 0. The Labute approximate surface area is 84.6 Å². The Hall–Kier alpha value is -0.610. The van der Waals surface area contributed by atoms with E-state index in [1.165, 1.54) is 12.8 Å². The van der Waals surface area contributed by atoms with Crippen molar-refractivity contribution in [3.63, 3.8) is 0 Å². The van der Waals surface area contributed by atoms with Crippen LogP contribution in [0.5, 0.6) is 0 Å². The first-order valence-electron chi connectivity index (χ1n) is 5.42. The molecule has 2 rings (SSSR count). The van der Waals surface area contributed by atoms with E-state index >= 15 is 0 Å². The van der Waals surface area contributed by atoms with Gasteiger partial charge in [-0.05, 0) is 32.6 Å². The third-order valence-electron chi connectivity index (χ3n) is 3.69. The Morgan fingerprint density at radius 1 is 1.36 bits per heavy atom. The maximum absolute atomic E-state index is 11.1. The van der Waals surface area contributed by atoms with Gasteiger partial charge in [-0.2, -0.15) is 0 Å². The van der Waals surface area contributed by atoms with Crippen LogP contribution in [0.15, 0.2) is 0 Å². The number of carbonyl (C=O) groups excluding carboxylic acids is 1. The first kappa shape index (κ1) is 9.93. The molecule has 0 saturated carbocycles. The van der Waals surface area contributed by atoms with Gasteiger partial charge in [-0.15, -0.1) is 0 Å². The zero-order chi connectivity index (χ0) is 10.3. The molecule has 0 aromatic heterocycles. The van der Waals surface area contributed by atoms with Gasteiger partial charge in [-0.25, -0.2) is 0 Å². The molecule has 14 heavy (non-hydrogen) atoms. The second-order valence-electron chi connectivity index (χ2n) is 4.64. The predicted molar refractivity (Wildman–Crippen MR) is 54.5 cm³/mol. The standard InChI is InChI=1S/C10H19N3O/c1-6(10(12)14)13-8-2-3-9(13)5-7(11)4-8/h6-9H,2-5,11H2,1H3,(H2,12,14). The Bertz CT molecular complexity index is 230. The largest absolute Gasteiger partial charge is 0.368 e. The van der Waals surface area contributed by atoms with Crippen LogP contribution in [0.2, 0.25) is 0 Å². The van der Waals surface area contributed by atoms with Crippen molar-refractivity contribution in [2.75, 3.05) is 0 Å². The van der Waals surface area contributed by atoms with Crippen LogP contribution in [-0.4, -0.2) is 35.0 Å². The molecule has 2 bridgehead atoms. The third-order valence-corrected chi connectivity index (χ3v) is 3.69. The van der Waals surface area contributed by atoms with Crippen molar-refractivity contribution < 1.29 is 4.79 Å². The molecule has 0 aromatic rings. The molecular formula is C10H19N3O. The lowest BCUT2D eigenvalue weighted by Gasteiger charge is -2.40. The summed E-state index contributed by atoms with van der Waals surface area (Å²) in [5.74, 6) is -0.211. The Morgan fingerprint density at radius 2 is 1.86 bits per heavy atom. The maximum atomic E-state index is 11.1. The lowest BCUT2D eigenvalue weighted by Crippen LogP contribution is -2.54. The van der Waals surface area contributed by atoms with Gasteiger partial charge in [0.2, 0.25) is 5.91 Å². The van der Waals surface area contributed by atoms with Gasteiger partial charge in [0.1, 0.15) is 0 Å². The highest BCUT2D eigenvalue weighted by molar-refractivity contribution is 5.79. The molecule has 4 heteroatoms. The van der Waals surface area contributed by atoms with Crippen LogP contribution in [-0.2, 0) is 4.79 Å². The highest BCUT2D eigenvalue weighted by atomic mass is 16.1. The van der Waals surface area contributed by atoms with E-state index in [0.717, 1.165) is 12.8 Å². The van der Waals surface area contributed by atoms with Gasteiger partial charge < -0.3 is 11.5 Å². The van der Waals surface area contributed by atoms with Gasteiger partial charge >= 0.3 is 0 Å². The number of hydrogen-bond acceptors (Lipinski definition) is 3. The average Bonchev–Trinajstić information content (AvgIpc) is 2.37. The van der Waals surface area contributed by atoms with Gasteiger partial charge in [0.15, 0.2) is 0 Å². The highest BCUT2D eigenvalue weighted by Gasteiger charge is 2.42. The molecule has 0 spiro atoms. The van der Waals surface area contributed by atoms with E-state index in [0.29, 0.717) is 18.1 Å². The van der Waals surface area contributed by atoms with Crippen LogP contribution in [0.3, 0.4) is 0 Å². The molecular weight excluding hydrogens is 178 g/mol. The fourth-order valence-corrected chi connectivity index (χ4v) is 3.03. The average molecular weight is 197 g/mol. The van der Waals surface area contributed by atoms with E-state index in [9.17, 15) is 4.79 Å². The molecule has 80 valence electrons.